The van der Waals surface area contributed by atoms with Crippen LogP contribution in [0.2, 0.25) is 0 Å². The van der Waals surface area contributed by atoms with Crippen LogP contribution in [0.25, 0.3) is 0 Å². The van der Waals surface area contributed by atoms with Crippen molar-refractivity contribution in [2.24, 2.45) is 0 Å². The van der Waals surface area contributed by atoms with Crippen molar-refractivity contribution in [2.75, 3.05) is 6.54 Å². The molecule has 0 aromatic heterocycles. The van der Waals surface area contributed by atoms with Gasteiger partial charge < -0.3 is 10.4 Å². The topological polar surface area (TPSA) is 49.3 Å². The zero-order chi connectivity index (χ0) is 14.2. The van der Waals surface area contributed by atoms with E-state index in [1.54, 1.807) is 12.1 Å². The minimum atomic E-state index is -0.728. The maximum absolute atomic E-state index is 13.0. The second-order valence-corrected chi connectivity index (χ2v) is 6.20. The number of rotatable bonds is 4. The predicted octanol–water partition coefficient (Wildman–Crippen LogP) is 2.28. The van der Waals surface area contributed by atoms with Crippen molar-refractivity contribution in [3.8, 4) is 0 Å². The quantitative estimate of drug-likeness (QED) is 0.887. The highest BCUT2D eigenvalue weighted by molar-refractivity contribution is 5.91. The van der Waals surface area contributed by atoms with Gasteiger partial charge in [-0.25, -0.2) is 4.39 Å². The highest BCUT2D eigenvalue weighted by Gasteiger charge is 2.51. The van der Waals surface area contributed by atoms with E-state index in [4.69, 9.17) is 0 Å². The highest BCUT2D eigenvalue weighted by Crippen LogP contribution is 2.48. The molecule has 2 aliphatic carbocycles. The van der Waals surface area contributed by atoms with Gasteiger partial charge in [0.2, 0.25) is 5.91 Å². The lowest BCUT2D eigenvalue weighted by Gasteiger charge is -2.24. The van der Waals surface area contributed by atoms with E-state index in [0.29, 0.717) is 6.54 Å². The first kappa shape index (κ1) is 13.6. The summed E-state index contributed by atoms with van der Waals surface area (Å²) in [6.45, 7) is 0.328. The summed E-state index contributed by atoms with van der Waals surface area (Å²) < 4.78 is 13.0. The lowest BCUT2D eigenvalue weighted by Crippen LogP contribution is -2.44. The minimum Gasteiger partial charge on any atom is -0.388 e. The molecule has 0 unspecified atom stereocenters. The first-order chi connectivity index (χ1) is 9.54. The molecule has 108 valence electrons. The fourth-order valence-corrected chi connectivity index (χ4v) is 3.16. The van der Waals surface area contributed by atoms with Gasteiger partial charge in [-0.15, -0.1) is 0 Å². The summed E-state index contributed by atoms with van der Waals surface area (Å²) in [5.41, 5.74) is -0.355. The zero-order valence-electron chi connectivity index (χ0n) is 11.5. The molecule has 0 spiro atoms. The third-order valence-electron chi connectivity index (χ3n) is 4.69. The van der Waals surface area contributed by atoms with Crippen LogP contribution in [0.5, 0.6) is 0 Å². The molecule has 0 radical (unpaired) electrons. The van der Waals surface area contributed by atoms with Crippen molar-refractivity contribution in [1.29, 1.82) is 0 Å². The van der Waals surface area contributed by atoms with Gasteiger partial charge in [0.25, 0.3) is 0 Å². The molecule has 1 amide bonds. The van der Waals surface area contributed by atoms with Crippen molar-refractivity contribution in [3.05, 3.63) is 35.6 Å². The van der Waals surface area contributed by atoms with Gasteiger partial charge in [-0.3, -0.25) is 4.79 Å². The summed E-state index contributed by atoms with van der Waals surface area (Å²) in [6, 6.07) is 6.17. The third kappa shape index (κ3) is 2.44. The fraction of sp³-hybridized carbons (Fsp3) is 0.562. The second-order valence-electron chi connectivity index (χ2n) is 6.20. The van der Waals surface area contributed by atoms with E-state index in [-0.39, 0.29) is 11.7 Å². The van der Waals surface area contributed by atoms with Crippen molar-refractivity contribution >= 4 is 5.91 Å². The summed E-state index contributed by atoms with van der Waals surface area (Å²) in [6.07, 6.45) is 5.16. The summed E-state index contributed by atoms with van der Waals surface area (Å²) >= 11 is 0. The number of nitrogens with one attached hydrogen (secondary N) is 1. The first-order valence-corrected chi connectivity index (χ1v) is 7.31. The first-order valence-electron chi connectivity index (χ1n) is 7.31. The number of benzene rings is 1. The number of hydrogen-bond donors (Lipinski definition) is 2. The fourth-order valence-electron chi connectivity index (χ4n) is 3.16. The molecule has 0 bridgehead atoms. The van der Waals surface area contributed by atoms with Gasteiger partial charge in [0.1, 0.15) is 5.82 Å². The molecular weight excluding hydrogens is 257 g/mol. The zero-order valence-corrected chi connectivity index (χ0v) is 11.5. The average Bonchev–Trinajstić information content (AvgIpc) is 3.14. The van der Waals surface area contributed by atoms with Crippen LogP contribution in [0.15, 0.2) is 24.3 Å². The maximum Gasteiger partial charge on any atom is 0.230 e. The number of carbonyl (C=O) groups is 1. The molecule has 2 aliphatic rings. The summed E-state index contributed by atoms with van der Waals surface area (Å²) in [5.74, 6) is -0.324. The standard InChI is InChI=1S/C16H20FNO2/c17-13-5-3-12(4-6-13)16(9-10-16)14(19)18-11-15(20)7-1-2-8-15/h3-6,20H,1-2,7-11H2,(H,18,19). The Hall–Kier alpha value is -1.42. The van der Waals surface area contributed by atoms with Crippen LogP contribution < -0.4 is 5.32 Å². The van der Waals surface area contributed by atoms with Crippen molar-refractivity contribution in [3.63, 3.8) is 0 Å². The Labute approximate surface area is 118 Å². The number of halogens is 1. The van der Waals surface area contributed by atoms with Crippen LogP contribution in [-0.4, -0.2) is 23.2 Å². The monoisotopic (exact) mass is 277 g/mol. The van der Waals surface area contributed by atoms with Gasteiger partial charge in [0.05, 0.1) is 11.0 Å². The van der Waals surface area contributed by atoms with Crippen molar-refractivity contribution in [2.45, 2.75) is 49.5 Å². The van der Waals surface area contributed by atoms with Crippen LogP contribution in [-0.2, 0) is 10.2 Å². The molecule has 0 atom stereocenters. The molecule has 2 saturated carbocycles. The smallest absolute Gasteiger partial charge is 0.230 e. The van der Waals surface area contributed by atoms with Crippen LogP contribution >= 0.6 is 0 Å². The van der Waals surface area contributed by atoms with Crippen LogP contribution in [0.1, 0.15) is 44.1 Å². The normalized spacial score (nSPS) is 22.5. The Morgan fingerprint density at radius 1 is 1.15 bits per heavy atom. The second kappa shape index (κ2) is 4.85. The Balaban J connectivity index is 1.66. The van der Waals surface area contributed by atoms with Crippen molar-refractivity contribution in [1.82, 2.24) is 5.32 Å². The Morgan fingerprint density at radius 2 is 1.75 bits per heavy atom. The average molecular weight is 277 g/mol. The van der Waals surface area contributed by atoms with E-state index in [0.717, 1.165) is 44.1 Å². The molecule has 2 N–H and O–H groups in total. The summed E-state index contributed by atoms with van der Waals surface area (Å²) in [7, 11) is 0. The van der Waals surface area contributed by atoms with E-state index in [9.17, 15) is 14.3 Å². The molecule has 3 rings (SSSR count). The SMILES string of the molecule is O=C(NCC1(O)CCCC1)C1(c2ccc(F)cc2)CC1. The van der Waals surface area contributed by atoms with Gasteiger partial charge in [0, 0.05) is 6.54 Å². The van der Waals surface area contributed by atoms with Gasteiger partial charge >= 0.3 is 0 Å². The number of aliphatic hydroxyl groups is 1. The Kier molecular flexibility index (Phi) is 3.28. The van der Waals surface area contributed by atoms with Gasteiger partial charge in [-0.2, -0.15) is 0 Å². The summed E-state index contributed by atoms with van der Waals surface area (Å²) in [4.78, 5) is 12.4. The Bertz CT molecular complexity index is 502. The van der Waals surface area contributed by atoms with Crippen LogP contribution in [0, 0.1) is 5.82 Å². The van der Waals surface area contributed by atoms with Gasteiger partial charge in [-0.1, -0.05) is 25.0 Å². The van der Waals surface area contributed by atoms with Gasteiger partial charge in [0.15, 0.2) is 0 Å². The van der Waals surface area contributed by atoms with E-state index in [1.165, 1.54) is 12.1 Å². The van der Waals surface area contributed by atoms with E-state index >= 15 is 0 Å². The van der Waals surface area contributed by atoms with E-state index in [1.807, 2.05) is 0 Å². The molecule has 1 aromatic carbocycles. The minimum absolute atomic E-state index is 0.0376. The van der Waals surface area contributed by atoms with E-state index < -0.39 is 11.0 Å². The molecule has 0 saturated heterocycles. The molecule has 20 heavy (non-hydrogen) atoms. The van der Waals surface area contributed by atoms with E-state index in [2.05, 4.69) is 5.32 Å². The lowest BCUT2D eigenvalue weighted by molar-refractivity contribution is -0.124. The lowest BCUT2D eigenvalue weighted by atomic mass is 9.94. The molecular formula is C16H20FNO2. The van der Waals surface area contributed by atoms with Crippen LogP contribution in [0.3, 0.4) is 0 Å². The Morgan fingerprint density at radius 3 is 2.30 bits per heavy atom. The maximum atomic E-state index is 13.0. The third-order valence-corrected chi connectivity index (χ3v) is 4.69. The molecule has 1 aromatic rings. The molecule has 2 fully saturated rings. The number of carbonyl (C=O) groups excluding carboxylic acids is 1. The summed E-state index contributed by atoms with van der Waals surface area (Å²) in [5, 5.41) is 13.2. The van der Waals surface area contributed by atoms with Crippen molar-refractivity contribution < 1.29 is 14.3 Å². The number of hydrogen-bond acceptors (Lipinski definition) is 2. The largest absolute Gasteiger partial charge is 0.388 e. The molecule has 3 nitrogen and oxygen atoms in total. The molecule has 4 heteroatoms. The predicted molar refractivity (Wildman–Crippen MR) is 73.7 cm³/mol. The number of amides is 1. The van der Waals surface area contributed by atoms with Crippen LogP contribution in [0.4, 0.5) is 4.39 Å². The van der Waals surface area contributed by atoms with Gasteiger partial charge in [-0.05, 0) is 43.4 Å². The highest BCUT2D eigenvalue weighted by atomic mass is 19.1. The molecule has 0 heterocycles. The molecule has 0 aliphatic heterocycles.